The highest BCUT2D eigenvalue weighted by Gasteiger charge is 2.19. The van der Waals surface area contributed by atoms with Crippen molar-refractivity contribution in [1.29, 1.82) is 0 Å². The van der Waals surface area contributed by atoms with Crippen molar-refractivity contribution in [1.82, 2.24) is 0 Å². The summed E-state index contributed by atoms with van der Waals surface area (Å²) in [7, 11) is 0. The molecule has 2 nitrogen and oxygen atoms in total. The Labute approximate surface area is 77.8 Å². The van der Waals surface area contributed by atoms with Crippen molar-refractivity contribution in [3.05, 3.63) is 42.5 Å². The third-order valence-electron chi connectivity index (χ3n) is 2.05. The molecule has 1 saturated heterocycles. The van der Waals surface area contributed by atoms with E-state index in [1.165, 1.54) is 0 Å². The fraction of sp³-hybridized carbons (Fsp3) is 0.273. The minimum atomic E-state index is -0.248. The molecule has 1 fully saturated rings. The van der Waals surface area contributed by atoms with E-state index in [0.717, 1.165) is 11.1 Å². The van der Waals surface area contributed by atoms with Crippen LogP contribution in [-0.4, -0.2) is 19.5 Å². The maximum Gasteiger partial charge on any atom is 0.184 e. The smallest absolute Gasteiger partial charge is 0.184 e. The summed E-state index contributed by atoms with van der Waals surface area (Å²) in [6, 6.07) is 9.96. The average Bonchev–Trinajstić information content (AvgIpc) is 2.71. The molecule has 0 aliphatic carbocycles. The molecule has 1 heterocycles. The van der Waals surface area contributed by atoms with Crippen LogP contribution >= 0.6 is 0 Å². The van der Waals surface area contributed by atoms with E-state index < -0.39 is 0 Å². The van der Waals surface area contributed by atoms with Crippen molar-refractivity contribution in [2.45, 2.75) is 6.29 Å². The maximum atomic E-state index is 5.35. The molecule has 1 aliphatic rings. The van der Waals surface area contributed by atoms with Gasteiger partial charge in [-0.15, -0.1) is 0 Å². The zero-order valence-electron chi connectivity index (χ0n) is 7.40. The number of ether oxygens (including phenoxy) is 2. The monoisotopic (exact) mass is 176 g/mol. The highest BCUT2D eigenvalue weighted by atomic mass is 16.7. The molecule has 13 heavy (non-hydrogen) atoms. The fourth-order valence-electron chi connectivity index (χ4n) is 1.35. The summed E-state index contributed by atoms with van der Waals surface area (Å²) in [6.45, 7) is 5.28. The first kappa shape index (κ1) is 8.48. The van der Waals surface area contributed by atoms with Gasteiger partial charge >= 0.3 is 0 Å². The normalized spacial score (nSPS) is 17.5. The molecule has 0 bridgehead atoms. The number of hydrogen-bond acceptors (Lipinski definition) is 2. The van der Waals surface area contributed by atoms with E-state index >= 15 is 0 Å². The van der Waals surface area contributed by atoms with Gasteiger partial charge in [0.1, 0.15) is 0 Å². The van der Waals surface area contributed by atoms with Crippen LogP contribution in [-0.2, 0) is 9.47 Å². The highest BCUT2D eigenvalue weighted by molar-refractivity contribution is 5.65. The van der Waals surface area contributed by atoms with Gasteiger partial charge in [-0.25, -0.2) is 0 Å². The lowest BCUT2D eigenvalue weighted by Crippen LogP contribution is -2.09. The van der Waals surface area contributed by atoms with Gasteiger partial charge in [0.2, 0.25) is 0 Å². The van der Waals surface area contributed by atoms with E-state index in [1.807, 2.05) is 30.3 Å². The third-order valence-corrected chi connectivity index (χ3v) is 2.05. The first-order chi connectivity index (χ1) is 6.38. The molecule has 1 aliphatic heterocycles. The number of benzene rings is 1. The lowest BCUT2D eigenvalue weighted by molar-refractivity contribution is 0.00712. The van der Waals surface area contributed by atoms with Gasteiger partial charge in [-0.2, -0.15) is 0 Å². The summed E-state index contributed by atoms with van der Waals surface area (Å²) >= 11 is 0. The van der Waals surface area contributed by atoms with E-state index in [-0.39, 0.29) is 6.29 Å². The highest BCUT2D eigenvalue weighted by Crippen LogP contribution is 2.21. The lowest BCUT2D eigenvalue weighted by Gasteiger charge is -2.11. The van der Waals surface area contributed by atoms with Crippen molar-refractivity contribution in [3.63, 3.8) is 0 Å². The standard InChI is InChI=1S/C11H12O2/c1-9(11-12-7-8-13-11)10-5-3-2-4-6-10/h2-6,11H,1,7-8H2. The first-order valence-corrected chi connectivity index (χ1v) is 4.35. The average molecular weight is 176 g/mol. The van der Waals surface area contributed by atoms with Gasteiger partial charge in [-0.1, -0.05) is 36.9 Å². The molecule has 0 amide bonds. The predicted octanol–water partition coefficient (Wildman–Crippen LogP) is 2.07. The molecule has 2 rings (SSSR count). The van der Waals surface area contributed by atoms with Gasteiger partial charge in [0.05, 0.1) is 13.2 Å². The maximum absolute atomic E-state index is 5.35. The van der Waals surface area contributed by atoms with Crippen LogP contribution in [0.25, 0.3) is 5.57 Å². The molecular formula is C11H12O2. The summed E-state index contributed by atoms with van der Waals surface area (Å²) in [5.74, 6) is 0. The molecule has 68 valence electrons. The Hall–Kier alpha value is -1.12. The molecule has 2 heteroatoms. The van der Waals surface area contributed by atoms with E-state index in [4.69, 9.17) is 9.47 Å². The molecule has 0 atom stereocenters. The summed E-state index contributed by atoms with van der Waals surface area (Å²) < 4.78 is 10.7. The minimum absolute atomic E-state index is 0.248. The van der Waals surface area contributed by atoms with Gasteiger partial charge in [0, 0.05) is 5.57 Å². The first-order valence-electron chi connectivity index (χ1n) is 4.35. The second-order valence-corrected chi connectivity index (χ2v) is 2.96. The van der Waals surface area contributed by atoms with Gasteiger partial charge < -0.3 is 9.47 Å². The predicted molar refractivity (Wildman–Crippen MR) is 51.2 cm³/mol. The Morgan fingerprint density at radius 3 is 2.38 bits per heavy atom. The zero-order valence-corrected chi connectivity index (χ0v) is 7.40. The fourth-order valence-corrected chi connectivity index (χ4v) is 1.35. The van der Waals surface area contributed by atoms with Gasteiger partial charge in [0.15, 0.2) is 6.29 Å². The minimum Gasteiger partial charge on any atom is -0.346 e. The summed E-state index contributed by atoms with van der Waals surface area (Å²) in [4.78, 5) is 0. The van der Waals surface area contributed by atoms with Crippen LogP contribution in [0.2, 0.25) is 0 Å². The Morgan fingerprint density at radius 2 is 1.77 bits per heavy atom. The second kappa shape index (κ2) is 3.73. The lowest BCUT2D eigenvalue weighted by atomic mass is 10.1. The van der Waals surface area contributed by atoms with Crippen LogP contribution in [0.1, 0.15) is 5.56 Å². The largest absolute Gasteiger partial charge is 0.346 e. The van der Waals surface area contributed by atoms with Crippen molar-refractivity contribution in [3.8, 4) is 0 Å². The van der Waals surface area contributed by atoms with Crippen molar-refractivity contribution in [2.75, 3.05) is 13.2 Å². The SMILES string of the molecule is C=C(c1ccccc1)C1OCCO1. The third kappa shape index (κ3) is 1.79. The Balaban J connectivity index is 2.13. The van der Waals surface area contributed by atoms with Crippen LogP contribution in [0.15, 0.2) is 36.9 Å². The van der Waals surface area contributed by atoms with E-state index in [9.17, 15) is 0 Å². The summed E-state index contributed by atoms with van der Waals surface area (Å²) in [6.07, 6.45) is -0.248. The molecule has 0 aromatic heterocycles. The Kier molecular flexibility index (Phi) is 2.43. The topological polar surface area (TPSA) is 18.5 Å². The molecule has 1 aromatic rings. The van der Waals surface area contributed by atoms with Crippen molar-refractivity contribution >= 4 is 5.57 Å². The van der Waals surface area contributed by atoms with Gasteiger partial charge in [0.25, 0.3) is 0 Å². The number of hydrogen-bond donors (Lipinski definition) is 0. The summed E-state index contributed by atoms with van der Waals surface area (Å²) in [5.41, 5.74) is 1.98. The number of rotatable bonds is 2. The van der Waals surface area contributed by atoms with Crippen LogP contribution in [0.3, 0.4) is 0 Å². The molecule has 0 N–H and O–H groups in total. The Morgan fingerprint density at radius 1 is 1.15 bits per heavy atom. The Bertz CT molecular complexity index is 286. The van der Waals surface area contributed by atoms with Crippen LogP contribution < -0.4 is 0 Å². The van der Waals surface area contributed by atoms with Crippen LogP contribution in [0.5, 0.6) is 0 Å². The second-order valence-electron chi connectivity index (χ2n) is 2.96. The van der Waals surface area contributed by atoms with E-state index in [1.54, 1.807) is 0 Å². The van der Waals surface area contributed by atoms with Gasteiger partial charge in [-0.05, 0) is 5.56 Å². The van der Waals surface area contributed by atoms with E-state index in [0.29, 0.717) is 13.2 Å². The molecule has 0 unspecified atom stereocenters. The molecule has 1 aromatic carbocycles. The van der Waals surface area contributed by atoms with E-state index in [2.05, 4.69) is 6.58 Å². The molecule has 0 radical (unpaired) electrons. The quantitative estimate of drug-likeness (QED) is 0.686. The summed E-state index contributed by atoms with van der Waals surface area (Å²) in [5, 5.41) is 0. The molecule has 0 spiro atoms. The molecule has 0 saturated carbocycles. The van der Waals surface area contributed by atoms with Crippen LogP contribution in [0.4, 0.5) is 0 Å². The molecular weight excluding hydrogens is 164 g/mol. The van der Waals surface area contributed by atoms with Crippen LogP contribution in [0, 0.1) is 0 Å². The van der Waals surface area contributed by atoms with Crippen molar-refractivity contribution < 1.29 is 9.47 Å². The van der Waals surface area contributed by atoms with Gasteiger partial charge in [-0.3, -0.25) is 0 Å². The zero-order chi connectivity index (χ0) is 9.10. The van der Waals surface area contributed by atoms with Crippen molar-refractivity contribution in [2.24, 2.45) is 0 Å².